The minimum atomic E-state index is -3.43. The number of nitrogens with one attached hydrogen (secondary N) is 1. The number of aromatic nitrogens is 1. The summed E-state index contributed by atoms with van der Waals surface area (Å²) in [5, 5.41) is 24.4. The molecule has 3 aromatic carbocycles. The molecule has 1 heterocycles. The number of hydrogen-bond acceptors (Lipinski definition) is 8. The molecule has 1 aromatic heterocycles. The minimum absolute atomic E-state index is 0.172. The highest BCUT2D eigenvalue weighted by atomic mass is 32.2. The highest BCUT2D eigenvalue weighted by Crippen LogP contribution is 2.47. The van der Waals surface area contributed by atoms with Crippen LogP contribution in [0.1, 0.15) is 57.8 Å². The first-order valence-electron chi connectivity index (χ1n) is 13.5. The number of ether oxygens (including phenoxy) is 1. The number of carbonyl (C=O) groups excluding carboxylic acids is 1. The smallest absolute Gasteiger partial charge is 0.335 e. The zero-order valence-corrected chi connectivity index (χ0v) is 24.2. The highest BCUT2D eigenvalue weighted by Gasteiger charge is 2.49. The molecule has 1 fully saturated rings. The van der Waals surface area contributed by atoms with Gasteiger partial charge in [-0.05, 0) is 85.2 Å². The molecule has 0 spiro atoms. The Morgan fingerprint density at radius 3 is 2.48 bits per heavy atom. The molecule has 1 amide bonds. The third kappa shape index (κ3) is 5.08. The van der Waals surface area contributed by atoms with Crippen LogP contribution in [0, 0.1) is 6.92 Å². The van der Waals surface area contributed by atoms with Crippen LogP contribution in [0.15, 0.2) is 77.8 Å². The molecule has 216 valence electrons. The second kappa shape index (κ2) is 10.6. The molecule has 9 nitrogen and oxygen atoms in total. The maximum Gasteiger partial charge on any atom is 0.335 e. The molecule has 42 heavy (non-hydrogen) atoms. The van der Waals surface area contributed by atoms with Crippen molar-refractivity contribution >= 4 is 38.2 Å². The monoisotopic (exact) mass is 604 g/mol. The lowest BCUT2D eigenvalue weighted by Crippen LogP contribution is -2.45. The molecule has 2 atom stereocenters. The Morgan fingerprint density at radius 2 is 1.79 bits per heavy atom. The van der Waals surface area contributed by atoms with Crippen LogP contribution >= 0.6 is 11.3 Å². The molecule has 1 saturated carbocycles. The number of amides is 1. The van der Waals surface area contributed by atoms with E-state index in [2.05, 4.69) is 10.3 Å². The van der Waals surface area contributed by atoms with Crippen molar-refractivity contribution in [2.24, 2.45) is 0 Å². The Kier molecular flexibility index (Phi) is 7.12. The van der Waals surface area contributed by atoms with E-state index < -0.39 is 33.2 Å². The molecule has 2 aliphatic rings. The van der Waals surface area contributed by atoms with Crippen LogP contribution in [0.5, 0.6) is 10.8 Å². The van der Waals surface area contributed by atoms with Gasteiger partial charge in [0.1, 0.15) is 5.75 Å². The fraction of sp³-hybridized carbons (Fsp3) is 0.258. The highest BCUT2D eigenvalue weighted by molar-refractivity contribution is 7.92. The molecule has 0 saturated heterocycles. The molecule has 0 bridgehead atoms. The fourth-order valence-corrected chi connectivity index (χ4v) is 7.90. The number of carbonyl (C=O) groups is 2. The van der Waals surface area contributed by atoms with E-state index in [9.17, 15) is 28.2 Å². The SMILES string of the molecule is Cc1cc(Oc2cnc(NC(=O)C(O)(c3ccc(S(=O)(=O)C4CC4)cc3)C3CCc4ccccc43)s2)ccc1C(=O)O. The van der Waals surface area contributed by atoms with Gasteiger partial charge in [0, 0.05) is 5.92 Å². The number of aryl methyl sites for hydroxylation is 2. The summed E-state index contributed by atoms with van der Waals surface area (Å²) in [7, 11) is -3.43. The van der Waals surface area contributed by atoms with Crippen molar-refractivity contribution in [3.8, 4) is 10.8 Å². The van der Waals surface area contributed by atoms with Gasteiger partial charge in [-0.2, -0.15) is 0 Å². The summed E-state index contributed by atoms with van der Waals surface area (Å²) in [6.45, 7) is 1.67. The molecular formula is C31H28N2O7S2. The number of anilines is 1. The average molecular weight is 605 g/mol. The van der Waals surface area contributed by atoms with E-state index in [-0.39, 0.29) is 20.8 Å². The van der Waals surface area contributed by atoms with Crippen molar-refractivity contribution in [2.75, 3.05) is 5.32 Å². The first kappa shape index (κ1) is 28.1. The van der Waals surface area contributed by atoms with Gasteiger partial charge >= 0.3 is 5.97 Å². The van der Waals surface area contributed by atoms with Crippen LogP contribution in [0.2, 0.25) is 0 Å². The Labute approximate surface area is 246 Å². The second-order valence-electron chi connectivity index (χ2n) is 10.6. The van der Waals surface area contributed by atoms with Crippen molar-refractivity contribution in [3.05, 3.63) is 101 Å². The topological polar surface area (TPSA) is 143 Å². The summed E-state index contributed by atoms with van der Waals surface area (Å²) in [6, 6.07) is 18.3. The largest absolute Gasteiger partial charge is 0.478 e. The first-order valence-corrected chi connectivity index (χ1v) is 15.9. The molecule has 2 aliphatic carbocycles. The Balaban J connectivity index is 1.28. The predicted molar refractivity (Wildman–Crippen MR) is 157 cm³/mol. The van der Waals surface area contributed by atoms with Crippen molar-refractivity contribution in [3.63, 3.8) is 0 Å². The zero-order chi connectivity index (χ0) is 29.6. The van der Waals surface area contributed by atoms with Crippen LogP contribution in [0.4, 0.5) is 5.13 Å². The summed E-state index contributed by atoms with van der Waals surface area (Å²) < 4.78 is 31.4. The maximum absolute atomic E-state index is 13.9. The molecular weight excluding hydrogens is 576 g/mol. The standard InChI is InChI=1S/C31H28N2O7S2/c1-18-16-21(9-14-24(18)28(34)35)40-27-17-32-30(41-27)33-29(36)31(37,26-15-6-19-4-2-3-5-25(19)26)20-7-10-22(11-8-20)42(38,39)23-12-13-23/h2-5,7-11,14,16-17,23,26,37H,6,12-13,15H2,1H3,(H,34,35)(H,32,33,36). The Bertz CT molecular complexity index is 1800. The molecule has 0 radical (unpaired) electrons. The van der Waals surface area contributed by atoms with Gasteiger partial charge in [0.05, 0.1) is 21.9 Å². The van der Waals surface area contributed by atoms with Gasteiger partial charge in [0.15, 0.2) is 20.6 Å². The summed E-state index contributed by atoms with van der Waals surface area (Å²) in [4.78, 5) is 29.7. The van der Waals surface area contributed by atoms with E-state index in [1.807, 2.05) is 24.3 Å². The van der Waals surface area contributed by atoms with Gasteiger partial charge in [-0.3, -0.25) is 10.1 Å². The first-order chi connectivity index (χ1) is 20.1. The number of thiazole rings is 1. The van der Waals surface area contributed by atoms with E-state index in [1.165, 1.54) is 42.6 Å². The zero-order valence-electron chi connectivity index (χ0n) is 22.6. The number of rotatable bonds is 9. The number of aromatic carboxylic acids is 1. The molecule has 4 aromatic rings. The van der Waals surface area contributed by atoms with Crippen LogP contribution in [0.25, 0.3) is 0 Å². The second-order valence-corrected chi connectivity index (χ2v) is 13.9. The maximum atomic E-state index is 13.9. The predicted octanol–water partition coefficient (Wildman–Crippen LogP) is 5.43. The molecule has 6 rings (SSSR count). The number of benzene rings is 3. The third-order valence-electron chi connectivity index (χ3n) is 7.92. The number of carboxylic acids is 1. The normalized spacial score (nSPS) is 17.7. The number of fused-ring (bicyclic) bond motifs is 1. The molecule has 11 heteroatoms. The lowest BCUT2D eigenvalue weighted by Gasteiger charge is -2.33. The van der Waals surface area contributed by atoms with Crippen LogP contribution in [-0.2, 0) is 26.7 Å². The van der Waals surface area contributed by atoms with Crippen molar-refractivity contribution in [2.45, 2.75) is 54.3 Å². The number of aliphatic hydroxyl groups is 1. The molecule has 3 N–H and O–H groups in total. The van der Waals surface area contributed by atoms with Crippen molar-refractivity contribution in [1.29, 1.82) is 0 Å². The van der Waals surface area contributed by atoms with E-state index in [0.717, 1.165) is 22.5 Å². The van der Waals surface area contributed by atoms with Gasteiger partial charge in [-0.25, -0.2) is 18.2 Å². The van der Waals surface area contributed by atoms with E-state index >= 15 is 0 Å². The fourth-order valence-electron chi connectivity index (χ4n) is 5.56. The van der Waals surface area contributed by atoms with Crippen LogP contribution in [-0.4, -0.2) is 40.7 Å². The van der Waals surface area contributed by atoms with Crippen molar-refractivity contribution < 1.29 is 33.0 Å². The lowest BCUT2D eigenvalue weighted by molar-refractivity contribution is -0.137. The average Bonchev–Trinajstić information content (AvgIpc) is 3.62. The molecule has 2 unspecified atom stereocenters. The van der Waals surface area contributed by atoms with E-state index in [4.69, 9.17) is 4.74 Å². The van der Waals surface area contributed by atoms with E-state index in [0.29, 0.717) is 47.6 Å². The number of carboxylic acid groups (broad SMARTS) is 1. The summed E-state index contributed by atoms with van der Waals surface area (Å²) in [5.74, 6) is -1.87. The van der Waals surface area contributed by atoms with Gasteiger partial charge in [-0.15, -0.1) is 0 Å². The number of sulfone groups is 1. The van der Waals surface area contributed by atoms with Gasteiger partial charge < -0.3 is 14.9 Å². The Hall–Kier alpha value is -4.06. The third-order valence-corrected chi connectivity index (χ3v) is 11.0. The number of nitrogens with zero attached hydrogens (tertiary/aromatic N) is 1. The van der Waals surface area contributed by atoms with Gasteiger partial charge in [-0.1, -0.05) is 47.7 Å². The van der Waals surface area contributed by atoms with E-state index in [1.54, 1.807) is 13.0 Å². The summed E-state index contributed by atoms with van der Waals surface area (Å²) in [5.41, 5.74) is 0.911. The molecule has 0 aliphatic heterocycles. The quantitative estimate of drug-likeness (QED) is 0.229. The summed E-state index contributed by atoms with van der Waals surface area (Å²) >= 11 is 1.06. The van der Waals surface area contributed by atoms with Crippen LogP contribution in [0.3, 0.4) is 0 Å². The van der Waals surface area contributed by atoms with Gasteiger partial charge in [0.25, 0.3) is 5.91 Å². The minimum Gasteiger partial charge on any atom is -0.478 e. The van der Waals surface area contributed by atoms with Gasteiger partial charge in [0.2, 0.25) is 5.06 Å². The summed E-state index contributed by atoms with van der Waals surface area (Å²) in [6.07, 6.45) is 3.94. The van der Waals surface area contributed by atoms with Crippen LogP contribution < -0.4 is 10.1 Å². The lowest BCUT2D eigenvalue weighted by atomic mass is 9.77. The Morgan fingerprint density at radius 1 is 1.05 bits per heavy atom. The number of hydrogen-bond donors (Lipinski definition) is 3. The van der Waals surface area contributed by atoms with Crippen molar-refractivity contribution in [1.82, 2.24) is 4.98 Å².